The monoisotopic (exact) mass is 528 g/mol. The van der Waals surface area contributed by atoms with Crippen molar-refractivity contribution in [2.75, 3.05) is 32.5 Å². The second-order valence-electron chi connectivity index (χ2n) is 10.9. The number of thioether (sulfide) groups is 1. The van der Waals surface area contributed by atoms with Crippen LogP contribution in [0, 0.1) is 11.8 Å². The van der Waals surface area contributed by atoms with Crippen LogP contribution in [0.1, 0.15) is 82.3 Å². The van der Waals surface area contributed by atoms with Crippen LogP contribution in [0.3, 0.4) is 0 Å². The molecule has 3 atom stereocenters. The third kappa shape index (κ3) is 8.33. The van der Waals surface area contributed by atoms with Crippen molar-refractivity contribution in [3.05, 3.63) is 36.0 Å². The standard InChI is InChI=1S/C30H44N2O4S/c1-36-24-10-11-28-27(20-24)26(13-15-31-28)29(33)12-9-22-14-17-32(21-23(22)19-30(34)35)16-6-18-37-25-7-4-2-3-5-8-25/h10-11,13,15,20,22-23,25,29,33H,2-9,12,14,16-19,21H2,1H3,(H,34,35)/t22-,23+,29-/m1/s1. The molecular weight excluding hydrogens is 484 g/mol. The number of aliphatic hydroxyl groups is 1. The Morgan fingerprint density at radius 1 is 1.16 bits per heavy atom. The van der Waals surface area contributed by atoms with Gasteiger partial charge in [0.15, 0.2) is 0 Å². The van der Waals surface area contributed by atoms with Crippen LogP contribution in [0.15, 0.2) is 30.5 Å². The van der Waals surface area contributed by atoms with Gasteiger partial charge in [0, 0.05) is 29.8 Å². The zero-order chi connectivity index (χ0) is 26.0. The maximum Gasteiger partial charge on any atom is 0.303 e. The molecular formula is C30H44N2O4S. The molecule has 2 N–H and O–H groups in total. The normalized spacial score (nSPS) is 22.5. The van der Waals surface area contributed by atoms with E-state index in [2.05, 4.69) is 21.6 Å². The molecule has 1 saturated carbocycles. The number of aliphatic hydroxyl groups excluding tert-OH is 1. The molecule has 2 aliphatic rings. The molecule has 1 saturated heterocycles. The molecule has 1 aromatic heterocycles. The summed E-state index contributed by atoms with van der Waals surface area (Å²) in [6.45, 7) is 2.95. The average Bonchev–Trinajstić information content (AvgIpc) is 3.18. The fourth-order valence-corrected chi connectivity index (χ4v) is 7.53. The van der Waals surface area contributed by atoms with Gasteiger partial charge >= 0.3 is 5.97 Å². The average molecular weight is 529 g/mol. The second-order valence-corrected chi connectivity index (χ2v) is 12.3. The van der Waals surface area contributed by atoms with Crippen molar-refractivity contribution in [2.24, 2.45) is 11.8 Å². The van der Waals surface area contributed by atoms with E-state index in [9.17, 15) is 15.0 Å². The van der Waals surface area contributed by atoms with Gasteiger partial charge in [-0.25, -0.2) is 0 Å². The van der Waals surface area contributed by atoms with Crippen LogP contribution in [0.2, 0.25) is 0 Å². The molecule has 2 aromatic rings. The highest BCUT2D eigenvalue weighted by Gasteiger charge is 2.31. The van der Waals surface area contributed by atoms with Gasteiger partial charge in [0.1, 0.15) is 5.75 Å². The van der Waals surface area contributed by atoms with Gasteiger partial charge in [-0.2, -0.15) is 11.8 Å². The number of hydrogen-bond acceptors (Lipinski definition) is 6. The Morgan fingerprint density at radius 3 is 2.73 bits per heavy atom. The number of carboxylic acid groups (broad SMARTS) is 1. The first-order chi connectivity index (χ1) is 18.0. The van der Waals surface area contributed by atoms with Crippen LogP contribution >= 0.6 is 11.8 Å². The summed E-state index contributed by atoms with van der Waals surface area (Å²) >= 11 is 2.16. The van der Waals surface area contributed by atoms with Crippen LogP contribution in [-0.2, 0) is 4.79 Å². The Balaban J connectivity index is 1.28. The molecule has 0 radical (unpaired) electrons. The second kappa shape index (κ2) is 14.4. The number of methoxy groups -OCH3 is 1. The van der Waals surface area contributed by atoms with Gasteiger partial charge in [0.05, 0.1) is 18.7 Å². The van der Waals surface area contributed by atoms with E-state index in [1.54, 1.807) is 13.3 Å². The van der Waals surface area contributed by atoms with E-state index < -0.39 is 12.1 Å². The van der Waals surface area contributed by atoms with Crippen molar-refractivity contribution in [3.63, 3.8) is 0 Å². The van der Waals surface area contributed by atoms with E-state index in [4.69, 9.17) is 4.74 Å². The predicted octanol–water partition coefficient (Wildman–Crippen LogP) is 6.32. The number of hydrogen-bond donors (Lipinski definition) is 2. The van der Waals surface area contributed by atoms with Crippen LogP contribution in [0.5, 0.6) is 5.75 Å². The first-order valence-electron chi connectivity index (χ1n) is 14.2. The number of carboxylic acids is 1. The smallest absolute Gasteiger partial charge is 0.303 e. The quantitative estimate of drug-likeness (QED) is 0.246. The molecule has 0 bridgehead atoms. The van der Waals surface area contributed by atoms with Gasteiger partial charge in [-0.05, 0) is 99.0 Å². The van der Waals surface area contributed by atoms with Crippen LogP contribution < -0.4 is 4.74 Å². The summed E-state index contributed by atoms with van der Waals surface area (Å²) in [5.41, 5.74) is 1.70. The number of piperidine rings is 1. The molecule has 4 rings (SSSR count). The molecule has 6 nitrogen and oxygen atoms in total. The molecule has 1 aliphatic carbocycles. The van der Waals surface area contributed by atoms with Crippen molar-refractivity contribution in [1.29, 1.82) is 0 Å². The first kappa shape index (κ1) is 28.2. The summed E-state index contributed by atoms with van der Waals surface area (Å²) in [4.78, 5) is 18.6. The molecule has 204 valence electrons. The molecule has 2 fully saturated rings. The maximum atomic E-state index is 11.7. The van der Waals surface area contributed by atoms with E-state index in [1.165, 1.54) is 50.7 Å². The van der Waals surface area contributed by atoms with E-state index >= 15 is 0 Å². The number of fused-ring (bicyclic) bond motifs is 1. The number of aliphatic carboxylic acids is 1. The molecule has 37 heavy (non-hydrogen) atoms. The van der Waals surface area contributed by atoms with Gasteiger partial charge in [0.25, 0.3) is 0 Å². The van der Waals surface area contributed by atoms with Gasteiger partial charge in [-0.15, -0.1) is 0 Å². The van der Waals surface area contributed by atoms with Gasteiger partial charge in [-0.3, -0.25) is 9.78 Å². The number of aromatic nitrogens is 1. The number of carbonyl (C=O) groups is 1. The van der Waals surface area contributed by atoms with Gasteiger partial charge in [-0.1, -0.05) is 25.7 Å². The van der Waals surface area contributed by atoms with Crippen molar-refractivity contribution in [2.45, 2.75) is 82.0 Å². The van der Waals surface area contributed by atoms with Crippen LogP contribution in [-0.4, -0.2) is 63.8 Å². The lowest BCUT2D eigenvalue weighted by atomic mass is 9.79. The van der Waals surface area contributed by atoms with E-state index in [1.807, 2.05) is 24.3 Å². The van der Waals surface area contributed by atoms with Gasteiger partial charge < -0.3 is 19.8 Å². The number of nitrogens with zero attached hydrogens (tertiary/aromatic N) is 2. The van der Waals surface area contributed by atoms with Crippen molar-refractivity contribution >= 4 is 28.6 Å². The highest BCUT2D eigenvalue weighted by atomic mass is 32.2. The Morgan fingerprint density at radius 2 is 1.97 bits per heavy atom. The molecule has 2 heterocycles. The molecule has 1 aromatic carbocycles. The lowest BCUT2D eigenvalue weighted by Crippen LogP contribution is -2.42. The Kier molecular flexibility index (Phi) is 10.9. The third-order valence-corrected chi connectivity index (χ3v) is 9.81. The number of rotatable bonds is 12. The molecule has 0 unspecified atom stereocenters. The molecule has 0 amide bonds. The van der Waals surface area contributed by atoms with Gasteiger partial charge in [0.2, 0.25) is 0 Å². The van der Waals surface area contributed by atoms with Crippen molar-refractivity contribution < 1.29 is 19.7 Å². The van der Waals surface area contributed by atoms with E-state index in [0.717, 1.165) is 59.9 Å². The third-order valence-electron chi connectivity index (χ3n) is 8.34. The van der Waals surface area contributed by atoms with Crippen LogP contribution in [0.25, 0.3) is 10.9 Å². The number of likely N-dealkylation sites (tertiary alicyclic amines) is 1. The summed E-state index contributed by atoms with van der Waals surface area (Å²) in [6, 6.07) is 7.61. The minimum atomic E-state index is -0.714. The summed E-state index contributed by atoms with van der Waals surface area (Å²) in [7, 11) is 1.64. The summed E-state index contributed by atoms with van der Waals surface area (Å²) in [5.74, 6) is 1.71. The Hall–Kier alpha value is -1.83. The topological polar surface area (TPSA) is 82.9 Å². The predicted molar refractivity (Wildman–Crippen MR) is 151 cm³/mol. The number of pyridine rings is 1. The highest BCUT2D eigenvalue weighted by molar-refractivity contribution is 7.99. The van der Waals surface area contributed by atoms with E-state index in [0.29, 0.717) is 12.3 Å². The lowest BCUT2D eigenvalue weighted by Gasteiger charge is -2.38. The summed E-state index contributed by atoms with van der Waals surface area (Å²) in [6.07, 6.45) is 13.3. The zero-order valence-electron chi connectivity index (χ0n) is 22.3. The SMILES string of the molecule is COc1ccc2nccc([C@H](O)CC[C@@H]3CCN(CCCSC4CCCCCC4)C[C@@H]3CC(=O)O)c2c1. The number of benzene rings is 1. The van der Waals surface area contributed by atoms with Crippen LogP contribution in [0.4, 0.5) is 0 Å². The Labute approximate surface area is 226 Å². The maximum absolute atomic E-state index is 11.7. The van der Waals surface area contributed by atoms with E-state index in [-0.39, 0.29) is 12.3 Å². The lowest BCUT2D eigenvalue weighted by molar-refractivity contribution is -0.139. The Bertz CT molecular complexity index is 995. The summed E-state index contributed by atoms with van der Waals surface area (Å²) in [5, 5.41) is 22.4. The van der Waals surface area contributed by atoms with Crippen molar-refractivity contribution in [1.82, 2.24) is 9.88 Å². The van der Waals surface area contributed by atoms with Crippen molar-refractivity contribution in [3.8, 4) is 5.75 Å². The largest absolute Gasteiger partial charge is 0.497 e. The molecule has 0 spiro atoms. The molecule has 1 aliphatic heterocycles. The number of ether oxygens (including phenoxy) is 1. The zero-order valence-corrected chi connectivity index (χ0v) is 23.1. The minimum absolute atomic E-state index is 0.141. The highest BCUT2D eigenvalue weighted by Crippen LogP contribution is 2.35. The fourth-order valence-electron chi connectivity index (χ4n) is 6.23. The minimum Gasteiger partial charge on any atom is -0.497 e. The fraction of sp³-hybridized carbons (Fsp3) is 0.667. The summed E-state index contributed by atoms with van der Waals surface area (Å²) < 4.78 is 5.37. The molecule has 7 heteroatoms. The first-order valence-corrected chi connectivity index (χ1v) is 15.2.